The number of nitrogens with zero attached hydrogens (tertiary/aromatic N) is 2. The molecule has 10 heteroatoms. The molecule has 158 valence electrons. The molecule has 2 aromatic rings. The van der Waals surface area contributed by atoms with Crippen LogP contribution in [0.15, 0.2) is 47.4 Å². The summed E-state index contributed by atoms with van der Waals surface area (Å²) in [6.45, 7) is -0.101. The van der Waals surface area contributed by atoms with E-state index in [0.29, 0.717) is 11.1 Å². The van der Waals surface area contributed by atoms with E-state index in [1.807, 2.05) is 0 Å². The zero-order chi connectivity index (χ0) is 22.1. The molecule has 2 aromatic carbocycles. The van der Waals surface area contributed by atoms with E-state index >= 15 is 0 Å². The van der Waals surface area contributed by atoms with Gasteiger partial charge in [0.15, 0.2) is 0 Å². The monoisotopic (exact) mass is 431 g/mol. The van der Waals surface area contributed by atoms with Crippen LogP contribution in [0.2, 0.25) is 0 Å². The number of carbonyl (C=O) groups excluding carboxylic acids is 3. The topological polar surface area (TPSA) is 113 Å². The molecule has 0 spiro atoms. The average Bonchev–Trinajstić information content (AvgIpc) is 2.96. The molecule has 3 amide bonds. The van der Waals surface area contributed by atoms with Gasteiger partial charge in [-0.05, 0) is 30.3 Å². The number of fused-ring (bicyclic) bond motifs is 1. The van der Waals surface area contributed by atoms with Gasteiger partial charge >= 0.3 is 0 Å². The number of methoxy groups -OCH3 is 1. The number of sulfonamides is 1. The molecule has 1 heterocycles. The van der Waals surface area contributed by atoms with E-state index in [-0.39, 0.29) is 29.3 Å². The standard InChI is InChI=1S/C20H21N3O6S/c1-22(2)30(27,28)13-8-9-17(29-3)16(12-13)21-18(24)10-11-23-19(25)14-6-4-5-7-15(14)20(23)26/h4-9,12H,10-11H2,1-3H3,(H,21,24). The van der Waals surface area contributed by atoms with Crippen molar-refractivity contribution in [3.05, 3.63) is 53.6 Å². The molecule has 1 aliphatic rings. The van der Waals surface area contributed by atoms with Gasteiger partial charge in [-0.15, -0.1) is 0 Å². The fourth-order valence-corrected chi connectivity index (χ4v) is 3.95. The predicted molar refractivity (Wildman–Crippen MR) is 109 cm³/mol. The Morgan fingerprint density at radius 1 is 1.07 bits per heavy atom. The number of imide groups is 1. The maximum absolute atomic E-state index is 12.4. The van der Waals surface area contributed by atoms with Gasteiger partial charge in [-0.1, -0.05) is 12.1 Å². The fraction of sp³-hybridized carbons (Fsp3) is 0.250. The third-order valence-corrected chi connectivity index (χ3v) is 6.48. The minimum Gasteiger partial charge on any atom is -0.495 e. The normalized spacial score (nSPS) is 13.5. The van der Waals surface area contributed by atoms with E-state index < -0.39 is 27.7 Å². The lowest BCUT2D eigenvalue weighted by molar-refractivity contribution is -0.116. The largest absolute Gasteiger partial charge is 0.495 e. The Morgan fingerprint density at radius 2 is 1.67 bits per heavy atom. The highest BCUT2D eigenvalue weighted by molar-refractivity contribution is 7.89. The Morgan fingerprint density at radius 3 is 2.20 bits per heavy atom. The Kier molecular flexibility index (Phi) is 5.90. The Labute approximate surface area is 174 Å². The first kappa shape index (κ1) is 21.5. The molecule has 0 saturated carbocycles. The van der Waals surface area contributed by atoms with Crippen molar-refractivity contribution in [2.24, 2.45) is 0 Å². The summed E-state index contributed by atoms with van der Waals surface area (Å²) in [7, 11) is 0.496. The van der Waals surface area contributed by atoms with Crippen molar-refractivity contribution in [2.45, 2.75) is 11.3 Å². The molecule has 0 aromatic heterocycles. The van der Waals surface area contributed by atoms with Crippen molar-refractivity contribution < 1.29 is 27.5 Å². The van der Waals surface area contributed by atoms with Crippen molar-refractivity contribution in [3.63, 3.8) is 0 Å². The lowest BCUT2D eigenvalue weighted by Gasteiger charge is -2.16. The van der Waals surface area contributed by atoms with Gasteiger partial charge in [0.1, 0.15) is 5.75 Å². The average molecular weight is 431 g/mol. The second-order valence-electron chi connectivity index (χ2n) is 6.76. The fourth-order valence-electron chi connectivity index (χ4n) is 3.02. The highest BCUT2D eigenvalue weighted by atomic mass is 32.2. The van der Waals surface area contributed by atoms with Crippen LogP contribution >= 0.6 is 0 Å². The summed E-state index contributed by atoms with van der Waals surface area (Å²) in [5.41, 5.74) is 0.796. The van der Waals surface area contributed by atoms with Gasteiger partial charge in [0.25, 0.3) is 11.8 Å². The minimum absolute atomic E-state index is 0.0102. The van der Waals surface area contributed by atoms with Crippen LogP contribution in [0.3, 0.4) is 0 Å². The predicted octanol–water partition coefficient (Wildman–Crippen LogP) is 1.57. The summed E-state index contributed by atoms with van der Waals surface area (Å²) in [5, 5.41) is 2.59. The van der Waals surface area contributed by atoms with Crippen LogP contribution in [-0.2, 0) is 14.8 Å². The molecule has 0 saturated heterocycles. The van der Waals surface area contributed by atoms with Crippen LogP contribution in [0.4, 0.5) is 5.69 Å². The van der Waals surface area contributed by atoms with Gasteiger partial charge in [0.2, 0.25) is 15.9 Å². The summed E-state index contributed by atoms with van der Waals surface area (Å²) in [6.07, 6.45) is -0.153. The van der Waals surface area contributed by atoms with Gasteiger partial charge in [0.05, 0.1) is 28.8 Å². The van der Waals surface area contributed by atoms with E-state index in [1.165, 1.54) is 39.4 Å². The second kappa shape index (κ2) is 8.25. The van der Waals surface area contributed by atoms with Crippen molar-refractivity contribution >= 4 is 33.4 Å². The summed E-state index contributed by atoms with van der Waals surface area (Å²) >= 11 is 0. The van der Waals surface area contributed by atoms with E-state index in [0.717, 1.165) is 9.21 Å². The van der Waals surface area contributed by atoms with E-state index in [4.69, 9.17) is 4.74 Å². The molecule has 9 nitrogen and oxygen atoms in total. The molecule has 0 radical (unpaired) electrons. The first-order valence-corrected chi connectivity index (χ1v) is 10.5. The molecule has 0 aliphatic carbocycles. The number of hydrogen-bond donors (Lipinski definition) is 1. The van der Waals surface area contributed by atoms with Crippen LogP contribution in [0.25, 0.3) is 0 Å². The third kappa shape index (κ3) is 3.91. The molecule has 1 N–H and O–H groups in total. The SMILES string of the molecule is COc1ccc(S(=O)(=O)N(C)C)cc1NC(=O)CCN1C(=O)c2ccccc2C1=O. The van der Waals surface area contributed by atoms with Crippen molar-refractivity contribution in [3.8, 4) is 5.75 Å². The number of carbonyl (C=O) groups is 3. The number of hydrogen-bond acceptors (Lipinski definition) is 6. The zero-order valence-electron chi connectivity index (χ0n) is 16.7. The Balaban J connectivity index is 1.73. The summed E-state index contributed by atoms with van der Waals surface area (Å²) in [6, 6.07) is 10.6. The van der Waals surface area contributed by atoms with Crippen molar-refractivity contribution in [1.82, 2.24) is 9.21 Å². The number of amides is 3. The summed E-state index contributed by atoms with van der Waals surface area (Å²) in [5.74, 6) is -1.11. The number of anilines is 1. The Bertz CT molecular complexity index is 1090. The molecule has 0 bridgehead atoms. The number of rotatable bonds is 7. The molecular formula is C20H21N3O6S. The molecule has 0 atom stereocenters. The quantitative estimate of drug-likeness (QED) is 0.666. The highest BCUT2D eigenvalue weighted by Gasteiger charge is 2.35. The first-order valence-electron chi connectivity index (χ1n) is 9.02. The third-order valence-electron chi connectivity index (χ3n) is 4.66. The molecule has 0 unspecified atom stereocenters. The summed E-state index contributed by atoms with van der Waals surface area (Å²) in [4.78, 5) is 38.2. The number of nitrogens with one attached hydrogen (secondary N) is 1. The van der Waals surface area contributed by atoms with Crippen molar-refractivity contribution in [1.29, 1.82) is 0 Å². The van der Waals surface area contributed by atoms with Crippen LogP contribution in [-0.4, -0.2) is 63.1 Å². The summed E-state index contributed by atoms with van der Waals surface area (Å²) < 4.78 is 30.9. The van der Waals surface area contributed by atoms with Gasteiger partial charge in [-0.2, -0.15) is 0 Å². The van der Waals surface area contributed by atoms with Crippen LogP contribution in [0, 0.1) is 0 Å². The lowest BCUT2D eigenvalue weighted by atomic mass is 10.1. The van der Waals surface area contributed by atoms with Gasteiger partial charge < -0.3 is 10.1 Å². The highest BCUT2D eigenvalue weighted by Crippen LogP contribution is 2.29. The Hall–Kier alpha value is -3.24. The molecular weight excluding hydrogens is 410 g/mol. The van der Waals surface area contributed by atoms with Gasteiger partial charge in [-0.25, -0.2) is 12.7 Å². The molecule has 0 fully saturated rings. The molecule has 3 rings (SSSR count). The first-order chi connectivity index (χ1) is 14.2. The molecule has 30 heavy (non-hydrogen) atoms. The van der Waals surface area contributed by atoms with Crippen LogP contribution < -0.4 is 10.1 Å². The van der Waals surface area contributed by atoms with E-state index in [9.17, 15) is 22.8 Å². The second-order valence-corrected chi connectivity index (χ2v) is 8.91. The molecule has 1 aliphatic heterocycles. The van der Waals surface area contributed by atoms with E-state index in [2.05, 4.69) is 5.32 Å². The lowest BCUT2D eigenvalue weighted by Crippen LogP contribution is -2.33. The van der Waals surface area contributed by atoms with Crippen LogP contribution in [0.1, 0.15) is 27.1 Å². The maximum Gasteiger partial charge on any atom is 0.261 e. The van der Waals surface area contributed by atoms with E-state index in [1.54, 1.807) is 24.3 Å². The van der Waals surface area contributed by atoms with Crippen molar-refractivity contribution in [2.75, 3.05) is 33.1 Å². The number of ether oxygens (including phenoxy) is 1. The zero-order valence-corrected chi connectivity index (χ0v) is 17.5. The van der Waals surface area contributed by atoms with Gasteiger partial charge in [-0.3, -0.25) is 19.3 Å². The van der Waals surface area contributed by atoms with Gasteiger partial charge in [0, 0.05) is 27.1 Å². The minimum atomic E-state index is -3.70. The van der Waals surface area contributed by atoms with Crippen LogP contribution in [0.5, 0.6) is 5.75 Å². The smallest absolute Gasteiger partial charge is 0.261 e. The maximum atomic E-state index is 12.4. The number of benzene rings is 2.